The van der Waals surface area contributed by atoms with Crippen molar-refractivity contribution in [3.63, 3.8) is 0 Å². The van der Waals surface area contributed by atoms with E-state index in [1.807, 2.05) is 23.7 Å². The third-order valence-corrected chi connectivity index (χ3v) is 4.93. The van der Waals surface area contributed by atoms with Gasteiger partial charge in [0.2, 0.25) is 0 Å². The van der Waals surface area contributed by atoms with Crippen molar-refractivity contribution in [2.75, 3.05) is 12.4 Å². The summed E-state index contributed by atoms with van der Waals surface area (Å²) in [7, 11) is 1.99. The number of benzene rings is 2. The molecule has 0 aliphatic heterocycles. The van der Waals surface area contributed by atoms with Gasteiger partial charge in [-0.25, -0.2) is 4.39 Å². The van der Waals surface area contributed by atoms with E-state index < -0.39 is 0 Å². The average Bonchev–Trinajstić information content (AvgIpc) is 2.97. The molecule has 25 heavy (non-hydrogen) atoms. The van der Waals surface area contributed by atoms with E-state index in [4.69, 9.17) is 4.74 Å². The summed E-state index contributed by atoms with van der Waals surface area (Å²) in [6.07, 6.45) is 0.870. The normalized spacial score (nSPS) is 10.8. The number of ether oxygens (including phenoxy) is 1. The second-order valence-corrected chi connectivity index (χ2v) is 6.75. The van der Waals surface area contributed by atoms with E-state index in [1.54, 1.807) is 23.9 Å². The molecule has 0 aliphatic carbocycles. The predicted molar refractivity (Wildman–Crippen MR) is 98.4 cm³/mol. The molecular weight excluding hydrogens is 337 g/mol. The van der Waals surface area contributed by atoms with Gasteiger partial charge in [-0.05, 0) is 43.2 Å². The lowest BCUT2D eigenvalue weighted by atomic mass is 10.1. The molecule has 0 N–H and O–H groups in total. The van der Waals surface area contributed by atoms with Crippen molar-refractivity contribution < 1.29 is 9.13 Å². The van der Waals surface area contributed by atoms with Gasteiger partial charge in [-0.1, -0.05) is 36.0 Å². The number of rotatable bonds is 7. The van der Waals surface area contributed by atoms with Gasteiger partial charge in [0.25, 0.3) is 0 Å². The maximum atomic E-state index is 12.8. The van der Waals surface area contributed by atoms with Crippen LogP contribution < -0.4 is 4.74 Å². The standard InChI is InChI=1S/C19H20FN3OS/c1-14-6-3-4-7-17(14)18-21-22-19(23(18)2)25-13-5-12-24-16-10-8-15(20)9-11-16/h3-4,6-11H,5,12-13H2,1-2H3. The topological polar surface area (TPSA) is 39.9 Å². The molecule has 2 aromatic carbocycles. The zero-order valence-electron chi connectivity index (χ0n) is 14.3. The Bertz CT molecular complexity index is 833. The lowest BCUT2D eigenvalue weighted by Gasteiger charge is -2.07. The highest BCUT2D eigenvalue weighted by atomic mass is 32.2. The summed E-state index contributed by atoms with van der Waals surface area (Å²) in [5.41, 5.74) is 2.28. The molecule has 4 nitrogen and oxygen atoms in total. The summed E-state index contributed by atoms with van der Waals surface area (Å²) >= 11 is 1.66. The van der Waals surface area contributed by atoms with Gasteiger partial charge >= 0.3 is 0 Å². The van der Waals surface area contributed by atoms with Crippen LogP contribution in [0.15, 0.2) is 53.7 Å². The van der Waals surface area contributed by atoms with Crippen LogP contribution in [0, 0.1) is 12.7 Å². The Labute approximate surface area is 151 Å². The van der Waals surface area contributed by atoms with E-state index in [0.29, 0.717) is 12.4 Å². The molecule has 0 saturated carbocycles. The van der Waals surface area contributed by atoms with Crippen LogP contribution in [0.2, 0.25) is 0 Å². The first-order valence-corrected chi connectivity index (χ1v) is 9.10. The Morgan fingerprint density at radius 1 is 1.08 bits per heavy atom. The molecule has 0 fully saturated rings. The fourth-order valence-corrected chi connectivity index (χ4v) is 3.27. The first kappa shape index (κ1) is 17.5. The van der Waals surface area contributed by atoms with Gasteiger partial charge in [0.05, 0.1) is 6.61 Å². The van der Waals surface area contributed by atoms with Gasteiger partial charge in [0.15, 0.2) is 11.0 Å². The first-order valence-electron chi connectivity index (χ1n) is 8.11. The third kappa shape index (κ3) is 4.39. The number of aryl methyl sites for hydroxylation is 1. The van der Waals surface area contributed by atoms with Crippen LogP contribution >= 0.6 is 11.8 Å². The smallest absolute Gasteiger partial charge is 0.191 e. The fraction of sp³-hybridized carbons (Fsp3) is 0.263. The van der Waals surface area contributed by atoms with Crippen LogP contribution in [0.5, 0.6) is 5.75 Å². The minimum Gasteiger partial charge on any atom is -0.494 e. The van der Waals surface area contributed by atoms with E-state index in [1.165, 1.54) is 17.7 Å². The number of aromatic nitrogens is 3. The van der Waals surface area contributed by atoms with E-state index in [2.05, 4.69) is 29.3 Å². The summed E-state index contributed by atoms with van der Waals surface area (Å²) in [5.74, 6) is 2.19. The van der Waals surface area contributed by atoms with Crippen LogP contribution in [-0.2, 0) is 7.05 Å². The Kier molecular flexibility index (Phi) is 5.71. The summed E-state index contributed by atoms with van der Waals surface area (Å²) in [4.78, 5) is 0. The molecule has 0 spiro atoms. The van der Waals surface area contributed by atoms with Crippen molar-refractivity contribution in [3.8, 4) is 17.1 Å². The molecular formula is C19H20FN3OS. The molecule has 0 atom stereocenters. The Hall–Kier alpha value is -2.34. The average molecular weight is 357 g/mol. The molecule has 3 aromatic rings. The van der Waals surface area contributed by atoms with Crippen molar-refractivity contribution in [2.45, 2.75) is 18.5 Å². The largest absolute Gasteiger partial charge is 0.494 e. The highest BCUT2D eigenvalue weighted by molar-refractivity contribution is 7.99. The Morgan fingerprint density at radius 2 is 1.84 bits per heavy atom. The van der Waals surface area contributed by atoms with Crippen molar-refractivity contribution in [3.05, 3.63) is 59.9 Å². The molecule has 0 amide bonds. The zero-order valence-corrected chi connectivity index (χ0v) is 15.1. The molecule has 3 rings (SSSR count). The van der Waals surface area contributed by atoms with Gasteiger partial charge in [-0.3, -0.25) is 0 Å². The number of thioether (sulfide) groups is 1. The van der Waals surface area contributed by atoms with E-state index >= 15 is 0 Å². The van der Waals surface area contributed by atoms with Gasteiger partial charge in [0.1, 0.15) is 11.6 Å². The van der Waals surface area contributed by atoms with Gasteiger partial charge < -0.3 is 9.30 Å². The molecule has 0 saturated heterocycles. The monoisotopic (exact) mass is 357 g/mol. The highest BCUT2D eigenvalue weighted by Crippen LogP contribution is 2.25. The number of hydrogen-bond acceptors (Lipinski definition) is 4. The van der Waals surface area contributed by atoms with Gasteiger partial charge in [-0.2, -0.15) is 0 Å². The van der Waals surface area contributed by atoms with Crippen molar-refractivity contribution in [1.29, 1.82) is 0 Å². The number of hydrogen-bond donors (Lipinski definition) is 0. The minimum atomic E-state index is -0.255. The molecule has 0 unspecified atom stereocenters. The maximum Gasteiger partial charge on any atom is 0.191 e. The third-order valence-electron chi connectivity index (χ3n) is 3.82. The molecule has 0 bridgehead atoms. The van der Waals surface area contributed by atoms with Gasteiger partial charge in [0, 0.05) is 18.4 Å². The molecule has 6 heteroatoms. The lowest BCUT2D eigenvalue weighted by molar-refractivity contribution is 0.318. The second-order valence-electron chi connectivity index (χ2n) is 5.68. The number of halogens is 1. The molecule has 0 aliphatic rings. The quantitative estimate of drug-likeness (QED) is 0.461. The van der Waals surface area contributed by atoms with E-state index in [-0.39, 0.29) is 5.82 Å². The maximum absolute atomic E-state index is 12.8. The fourth-order valence-electron chi connectivity index (χ4n) is 2.44. The van der Waals surface area contributed by atoms with Crippen LogP contribution in [0.1, 0.15) is 12.0 Å². The van der Waals surface area contributed by atoms with Crippen LogP contribution in [0.25, 0.3) is 11.4 Å². The van der Waals surface area contributed by atoms with Gasteiger partial charge in [-0.15, -0.1) is 10.2 Å². The summed E-state index contributed by atoms with van der Waals surface area (Å²) < 4.78 is 20.4. The molecule has 1 aromatic heterocycles. The predicted octanol–water partition coefficient (Wildman–Crippen LogP) is 4.49. The minimum absolute atomic E-state index is 0.255. The highest BCUT2D eigenvalue weighted by Gasteiger charge is 2.12. The van der Waals surface area contributed by atoms with E-state index in [0.717, 1.165) is 28.7 Å². The van der Waals surface area contributed by atoms with Crippen LogP contribution in [0.4, 0.5) is 4.39 Å². The van der Waals surface area contributed by atoms with E-state index in [9.17, 15) is 4.39 Å². The summed E-state index contributed by atoms with van der Waals surface area (Å²) in [5, 5.41) is 9.51. The zero-order chi connectivity index (χ0) is 17.6. The number of nitrogens with zero attached hydrogens (tertiary/aromatic N) is 3. The Morgan fingerprint density at radius 3 is 2.60 bits per heavy atom. The van der Waals surface area contributed by atoms with Crippen LogP contribution in [-0.4, -0.2) is 27.1 Å². The molecule has 130 valence electrons. The summed E-state index contributed by atoms with van der Waals surface area (Å²) in [6, 6.07) is 14.2. The van der Waals surface area contributed by atoms with Crippen molar-refractivity contribution in [1.82, 2.24) is 14.8 Å². The molecule has 0 radical (unpaired) electrons. The first-order chi connectivity index (χ1) is 12.1. The second kappa shape index (κ2) is 8.16. The summed E-state index contributed by atoms with van der Waals surface area (Å²) in [6.45, 7) is 2.66. The van der Waals surface area contributed by atoms with Crippen LogP contribution in [0.3, 0.4) is 0 Å². The molecule has 1 heterocycles. The Balaban J connectivity index is 1.51. The SMILES string of the molecule is Cc1ccccc1-c1nnc(SCCCOc2ccc(F)cc2)n1C. The lowest BCUT2D eigenvalue weighted by Crippen LogP contribution is -2.00. The van der Waals surface area contributed by atoms with Crippen molar-refractivity contribution >= 4 is 11.8 Å². The van der Waals surface area contributed by atoms with Crippen molar-refractivity contribution in [2.24, 2.45) is 7.05 Å².